The number of nitrogens with two attached hydrogens (primary N) is 1. The van der Waals surface area contributed by atoms with Gasteiger partial charge >= 0.3 is 5.97 Å². The standard InChI is InChI=1S/C17H15N3O3S2/c1-9-7-12(16(22)23-9)25-17-19-14-13(15(21)20(17)18)11(8-24-14)10-5-3-2-4-6-10/h2-6,8-9,12H,7,18H2,1H3. The van der Waals surface area contributed by atoms with Gasteiger partial charge in [0, 0.05) is 17.4 Å². The lowest BCUT2D eigenvalue weighted by Crippen LogP contribution is -2.30. The average Bonchev–Trinajstić information content (AvgIpc) is 3.16. The van der Waals surface area contributed by atoms with Crippen molar-refractivity contribution in [3.63, 3.8) is 0 Å². The fourth-order valence-corrected chi connectivity index (χ4v) is 4.95. The highest BCUT2D eigenvalue weighted by Gasteiger charge is 2.34. The minimum Gasteiger partial charge on any atom is -0.462 e. The van der Waals surface area contributed by atoms with E-state index in [2.05, 4.69) is 4.98 Å². The zero-order valence-corrected chi connectivity index (χ0v) is 15.0. The van der Waals surface area contributed by atoms with Gasteiger partial charge in [-0.05, 0) is 12.5 Å². The second-order valence-corrected chi connectivity index (χ2v) is 7.88. The van der Waals surface area contributed by atoms with E-state index < -0.39 is 0 Å². The molecule has 0 bridgehead atoms. The molecule has 2 unspecified atom stereocenters. The van der Waals surface area contributed by atoms with E-state index in [0.717, 1.165) is 15.8 Å². The summed E-state index contributed by atoms with van der Waals surface area (Å²) < 4.78 is 6.18. The van der Waals surface area contributed by atoms with Crippen LogP contribution in [0.25, 0.3) is 21.3 Å². The molecule has 0 amide bonds. The van der Waals surface area contributed by atoms with Crippen molar-refractivity contribution in [1.29, 1.82) is 0 Å². The summed E-state index contributed by atoms with van der Waals surface area (Å²) in [6.45, 7) is 1.84. The minimum atomic E-state index is -0.386. The molecule has 3 heterocycles. The van der Waals surface area contributed by atoms with Crippen LogP contribution in [0.3, 0.4) is 0 Å². The number of thioether (sulfide) groups is 1. The fourth-order valence-electron chi connectivity index (χ4n) is 2.84. The van der Waals surface area contributed by atoms with Crippen LogP contribution in [0.4, 0.5) is 0 Å². The summed E-state index contributed by atoms with van der Waals surface area (Å²) in [5.74, 6) is 5.70. The highest BCUT2D eigenvalue weighted by molar-refractivity contribution is 8.00. The molecule has 0 saturated carbocycles. The number of aromatic nitrogens is 2. The summed E-state index contributed by atoms with van der Waals surface area (Å²) in [6, 6.07) is 9.66. The van der Waals surface area contributed by atoms with Crippen molar-refractivity contribution in [2.75, 3.05) is 5.84 Å². The number of fused-ring (bicyclic) bond motifs is 1. The number of nitrogen functional groups attached to an aromatic ring is 1. The molecule has 0 spiro atoms. The van der Waals surface area contributed by atoms with Crippen molar-refractivity contribution >= 4 is 39.3 Å². The molecule has 2 atom stereocenters. The first-order valence-corrected chi connectivity index (χ1v) is 9.52. The number of hydrogen-bond donors (Lipinski definition) is 1. The lowest BCUT2D eigenvalue weighted by atomic mass is 10.1. The zero-order chi connectivity index (χ0) is 17.6. The van der Waals surface area contributed by atoms with E-state index in [0.29, 0.717) is 21.8 Å². The maximum absolute atomic E-state index is 12.8. The lowest BCUT2D eigenvalue weighted by molar-refractivity contribution is -0.140. The number of hydrogen-bond acceptors (Lipinski definition) is 7. The molecule has 4 rings (SSSR count). The summed E-state index contributed by atoms with van der Waals surface area (Å²) in [6.07, 6.45) is 0.454. The Labute approximate surface area is 151 Å². The summed E-state index contributed by atoms with van der Waals surface area (Å²) in [5, 5.41) is 2.36. The zero-order valence-electron chi connectivity index (χ0n) is 13.3. The lowest BCUT2D eigenvalue weighted by Gasteiger charge is -2.09. The Morgan fingerprint density at radius 1 is 1.32 bits per heavy atom. The van der Waals surface area contributed by atoms with Crippen LogP contribution in [0.2, 0.25) is 0 Å². The Balaban J connectivity index is 1.78. The van der Waals surface area contributed by atoms with Gasteiger partial charge in [-0.2, -0.15) is 0 Å². The number of nitrogens with zero attached hydrogens (tertiary/aromatic N) is 2. The highest BCUT2D eigenvalue weighted by atomic mass is 32.2. The third-order valence-corrected chi connectivity index (χ3v) is 6.11. The first kappa shape index (κ1) is 16.2. The smallest absolute Gasteiger partial charge is 0.319 e. The molecule has 0 aliphatic carbocycles. The molecule has 3 aromatic rings. The van der Waals surface area contributed by atoms with Gasteiger partial charge in [-0.25, -0.2) is 9.66 Å². The van der Waals surface area contributed by atoms with Gasteiger partial charge in [0.25, 0.3) is 5.56 Å². The quantitative estimate of drug-likeness (QED) is 0.431. The van der Waals surface area contributed by atoms with Crippen LogP contribution < -0.4 is 11.4 Å². The Bertz CT molecular complexity index is 1010. The number of thiophene rings is 1. The minimum absolute atomic E-state index is 0.127. The Hall–Kier alpha value is -2.32. The molecule has 2 N–H and O–H groups in total. The van der Waals surface area contributed by atoms with Gasteiger partial charge < -0.3 is 10.6 Å². The number of esters is 1. The number of carbonyl (C=O) groups is 1. The van der Waals surface area contributed by atoms with E-state index in [9.17, 15) is 9.59 Å². The maximum Gasteiger partial charge on any atom is 0.319 e. The predicted octanol–water partition coefficient (Wildman–Crippen LogP) is 2.63. The normalized spacial score (nSPS) is 20.1. The van der Waals surface area contributed by atoms with Crippen molar-refractivity contribution in [3.05, 3.63) is 46.1 Å². The number of ether oxygens (including phenoxy) is 1. The highest BCUT2D eigenvalue weighted by Crippen LogP contribution is 2.34. The fraction of sp³-hybridized carbons (Fsp3) is 0.235. The maximum atomic E-state index is 12.8. The molecular formula is C17H15N3O3S2. The van der Waals surface area contributed by atoms with Gasteiger partial charge in [0.05, 0.1) is 5.39 Å². The topological polar surface area (TPSA) is 87.2 Å². The van der Waals surface area contributed by atoms with Gasteiger partial charge in [-0.3, -0.25) is 9.59 Å². The van der Waals surface area contributed by atoms with E-state index in [1.54, 1.807) is 0 Å². The first-order valence-electron chi connectivity index (χ1n) is 7.76. The van der Waals surface area contributed by atoms with Crippen molar-refractivity contribution < 1.29 is 9.53 Å². The summed E-state index contributed by atoms with van der Waals surface area (Å²) in [5.41, 5.74) is 1.45. The van der Waals surface area contributed by atoms with Crippen molar-refractivity contribution in [2.45, 2.75) is 29.9 Å². The van der Waals surface area contributed by atoms with Crippen LogP contribution in [0.1, 0.15) is 13.3 Å². The molecule has 25 heavy (non-hydrogen) atoms. The third-order valence-electron chi connectivity index (χ3n) is 4.07. The number of cyclic esters (lactones) is 1. The van der Waals surface area contributed by atoms with Crippen LogP contribution in [-0.4, -0.2) is 27.0 Å². The predicted molar refractivity (Wildman–Crippen MR) is 99.3 cm³/mol. The largest absolute Gasteiger partial charge is 0.462 e. The van der Waals surface area contributed by atoms with E-state index in [1.165, 1.54) is 23.1 Å². The molecule has 0 radical (unpaired) electrons. The average molecular weight is 373 g/mol. The van der Waals surface area contributed by atoms with E-state index in [4.69, 9.17) is 10.6 Å². The molecule has 2 aromatic heterocycles. The molecule has 1 aliphatic rings. The molecule has 1 aliphatic heterocycles. The third kappa shape index (κ3) is 2.81. The summed E-state index contributed by atoms with van der Waals surface area (Å²) in [4.78, 5) is 29.8. The van der Waals surface area contributed by atoms with Gasteiger partial charge in [0.2, 0.25) is 0 Å². The van der Waals surface area contributed by atoms with Gasteiger partial charge in [0.1, 0.15) is 16.2 Å². The van der Waals surface area contributed by atoms with E-state index >= 15 is 0 Å². The van der Waals surface area contributed by atoms with E-state index in [-0.39, 0.29) is 22.9 Å². The summed E-state index contributed by atoms with van der Waals surface area (Å²) >= 11 is 2.58. The van der Waals surface area contributed by atoms with Gasteiger partial charge in [-0.1, -0.05) is 42.1 Å². The molecule has 128 valence electrons. The second-order valence-electron chi connectivity index (χ2n) is 5.85. The SMILES string of the molecule is CC1CC(Sc2nc3scc(-c4ccccc4)c3c(=O)n2N)C(=O)O1. The Morgan fingerprint density at radius 2 is 2.08 bits per heavy atom. The molecule has 1 aromatic carbocycles. The second kappa shape index (κ2) is 6.20. The van der Waals surface area contributed by atoms with Gasteiger partial charge in [0.15, 0.2) is 5.16 Å². The van der Waals surface area contributed by atoms with Crippen LogP contribution in [-0.2, 0) is 9.53 Å². The molecular weight excluding hydrogens is 358 g/mol. The molecule has 8 heteroatoms. The van der Waals surface area contributed by atoms with Crippen molar-refractivity contribution in [1.82, 2.24) is 9.66 Å². The van der Waals surface area contributed by atoms with E-state index in [1.807, 2.05) is 42.6 Å². The number of rotatable bonds is 3. The monoisotopic (exact) mass is 373 g/mol. The molecule has 1 saturated heterocycles. The van der Waals surface area contributed by atoms with Crippen LogP contribution in [0.15, 0.2) is 45.7 Å². The Morgan fingerprint density at radius 3 is 2.76 bits per heavy atom. The number of benzene rings is 1. The van der Waals surface area contributed by atoms with Crippen LogP contribution in [0.5, 0.6) is 0 Å². The molecule has 1 fully saturated rings. The van der Waals surface area contributed by atoms with Crippen LogP contribution >= 0.6 is 23.1 Å². The van der Waals surface area contributed by atoms with Gasteiger partial charge in [-0.15, -0.1) is 11.3 Å². The molecule has 6 nitrogen and oxygen atoms in total. The Kier molecular flexibility index (Phi) is 4.01. The summed E-state index contributed by atoms with van der Waals surface area (Å²) in [7, 11) is 0. The first-order chi connectivity index (χ1) is 12.0. The van der Waals surface area contributed by atoms with Crippen LogP contribution in [0, 0.1) is 0 Å². The van der Waals surface area contributed by atoms with Crippen molar-refractivity contribution in [2.24, 2.45) is 0 Å². The van der Waals surface area contributed by atoms with Crippen molar-refractivity contribution in [3.8, 4) is 11.1 Å². The number of carbonyl (C=O) groups excluding carboxylic acids is 1.